The number of nitrogens with one attached hydrogen (secondary N) is 4. The van der Waals surface area contributed by atoms with Crippen molar-refractivity contribution in [1.29, 1.82) is 0 Å². The van der Waals surface area contributed by atoms with Gasteiger partial charge in [0.2, 0.25) is 11.8 Å². The van der Waals surface area contributed by atoms with E-state index in [-0.39, 0.29) is 51.2 Å². The number of hydroxylamine groups is 1. The molecule has 1 aromatic rings. The summed E-state index contributed by atoms with van der Waals surface area (Å²) in [5.74, 6) is -0.252. The van der Waals surface area contributed by atoms with Crippen LogP contribution in [0.2, 0.25) is 0 Å². The number of unbranched alkanes of at least 4 members (excludes halogenated alkanes) is 4. The maximum Gasteiger partial charge on any atom is 0.243 e. The lowest BCUT2D eigenvalue weighted by atomic mass is 9.87. The highest BCUT2D eigenvalue weighted by Crippen LogP contribution is 2.22. The van der Waals surface area contributed by atoms with E-state index in [0.717, 1.165) is 71.1 Å². The maximum absolute atomic E-state index is 11.8. The molecule has 0 radical (unpaired) electrons. The molecule has 35 heavy (non-hydrogen) atoms. The van der Waals surface area contributed by atoms with Crippen molar-refractivity contribution in [1.82, 2.24) is 21.4 Å². The zero-order valence-electron chi connectivity index (χ0n) is 21.8. The van der Waals surface area contributed by atoms with Gasteiger partial charge >= 0.3 is 0 Å². The predicted octanol–water partition coefficient (Wildman–Crippen LogP) is 4.95. The monoisotopic (exact) mass is 622 g/mol. The van der Waals surface area contributed by atoms with Gasteiger partial charge in [-0.25, -0.2) is 5.48 Å². The van der Waals surface area contributed by atoms with Gasteiger partial charge in [-0.1, -0.05) is 57.9 Å². The second-order valence-corrected chi connectivity index (χ2v) is 9.73. The minimum atomic E-state index is -0.351. The number of rotatable bonds is 18. The number of carbonyl (C=O) groups is 2. The third kappa shape index (κ3) is 19.8. The molecule has 0 aliphatic carbocycles. The summed E-state index contributed by atoms with van der Waals surface area (Å²) in [5.41, 5.74) is 4.53. The van der Waals surface area contributed by atoms with Gasteiger partial charge < -0.3 is 16.0 Å². The van der Waals surface area contributed by atoms with E-state index in [1.165, 1.54) is 11.1 Å². The van der Waals surface area contributed by atoms with E-state index >= 15 is 0 Å². The van der Waals surface area contributed by atoms with Gasteiger partial charge in [-0.2, -0.15) is 0 Å². The summed E-state index contributed by atoms with van der Waals surface area (Å²) in [7, 11) is 0. The molecule has 0 aliphatic heterocycles. The summed E-state index contributed by atoms with van der Waals surface area (Å²) in [6.45, 7) is 11.3. The van der Waals surface area contributed by atoms with Crippen molar-refractivity contribution in [2.24, 2.45) is 0 Å². The Hall–Kier alpha value is -1.00. The van der Waals surface area contributed by atoms with Crippen LogP contribution >= 0.6 is 34.0 Å². The third-order valence-corrected chi connectivity index (χ3v) is 5.64. The maximum atomic E-state index is 11.8. The number of carbonyl (C=O) groups excluding carboxylic acids is 2. The third-order valence-electron chi connectivity index (χ3n) is 5.64. The van der Waals surface area contributed by atoms with Crippen molar-refractivity contribution in [2.45, 2.75) is 90.5 Å². The Balaban J connectivity index is 0. The molecule has 7 nitrogen and oxygen atoms in total. The van der Waals surface area contributed by atoms with Crippen LogP contribution in [0, 0.1) is 0 Å². The van der Waals surface area contributed by atoms with Gasteiger partial charge in [-0.15, -0.1) is 34.0 Å². The first-order valence-corrected chi connectivity index (χ1v) is 12.5. The molecule has 0 saturated carbocycles. The van der Waals surface area contributed by atoms with Crippen LogP contribution in [0.3, 0.4) is 0 Å². The lowest BCUT2D eigenvalue weighted by Gasteiger charge is -2.19. The quantitative estimate of drug-likeness (QED) is 0.0905. The largest absolute Gasteiger partial charge is 0.356 e. The fourth-order valence-electron chi connectivity index (χ4n) is 3.49. The number of benzene rings is 1. The summed E-state index contributed by atoms with van der Waals surface area (Å²) in [6, 6.07) is 8.90. The number of halogens is 2. The molecule has 1 rings (SSSR count). The van der Waals surface area contributed by atoms with Gasteiger partial charge in [0.15, 0.2) is 0 Å². The molecule has 5 N–H and O–H groups in total. The van der Waals surface area contributed by atoms with Crippen LogP contribution < -0.4 is 21.4 Å². The van der Waals surface area contributed by atoms with Crippen molar-refractivity contribution in [3.8, 4) is 0 Å². The standard InChI is InChI=1S/C26H46N4O3.2BrH/c1-26(2,3)23-15-13-22(14-16-23)21-28-18-9-8-17-27-19-10-20-29-24(31)11-6-4-5-7-12-25(32)30-33;;/h13-16,27-28,33H,4-12,17-21H2,1-3H3,(H,29,31)(H,30,32);2*1H. The van der Waals surface area contributed by atoms with Crippen LogP contribution in [-0.4, -0.2) is 43.2 Å². The molecule has 0 atom stereocenters. The first-order valence-electron chi connectivity index (χ1n) is 12.5. The normalized spacial score (nSPS) is 10.7. The van der Waals surface area contributed by atoms with Crippen LogP contribution in [0.5, 0.6) is 0 Å². The lowest BCUT2D eigenvalue weighted by molar-refractivity contribution is -0.129. The second-order valence-electron chi connectivity index (χ2n) is 9.73. The van der Waals surface area contributed by atoms with Gasteiger partial charge in [-0.3, -0.25) is 14.8 Å². The van der Waals surface area contributed by atoms with Crippen LogP contribution in [0.1, 0.15) is 89.7 Å². The Morgan fingerprint density at radius 3 is 1.83 bits per heavy atom. The molecular formula is C26H48Br2N4O3. The van der Waals surface area contributed by atoms with Gasteiger partial charge in [0, 0.05) is 25.9 Å². The molecule has 0 unspecified atom stereocenters. The molecule has 0 fully saturated rings. The van der Waals surface area contributed by atoms with Crippen molar-refractivity contribution < 1.29 is 14.8 Å². The summed E-state index contributed by atoms with van der Waals surface area (Å²) in [4.78, 5) is 22.7. The first kappa shape index (κ1) is 36.2. The highest BCUT2D eigenvalue weighted by Gasteiger charge is 2.12. The van der Waals surface area contributed by atoms with Gasteiger partial charge in [-0.05, 0) is 68.3 Å². The van der Waals surface area contributed by atoms with Crippen molar-refractivity contribution >= 4 is 45.8 Å². The minimum absolute atomic E-state index is 0. The van der Waals surface area contributed by atoms with Crippen molar-refractivity contribution in [3.05, 3.63) is 35.4 Å². The van der Waals surface area contributed by atoms with Gasteiger partial charge in [0.05, 0.1) is 0 Å². The van der Waals surface area contributed by atoms with Crippen LogP contribution in [0.4, 0.5) is 0 Å². The van der Waals surface area contributed by atoms with E-state index in [1.807, 2.05) is 0 Å². The molecule has 0 aliphatic rings. The van der Waals surface area contributed by atoms with E-state index in [4.69, 9.17) is 5.21 Å². The van der Waals surface area contributed by atoms with E-state index in [0.29, 0.717) is 19.4 Å². The average molecular weight is 625 g/mol. The fourth-order valence-corrected chi connectivity index (χ4v) is 3.49. The fraction of sp³-hybridized carbons (Fsp3) is 0.692. The molecule has 0 spiro atoms. The highest BCUT2D eigenvalue weighted by molar-refractivity contribution is 8.93. The Bertz CT molecular complexity index is 668. The van der Waals surface area contributed by atoms with E-state index in [9.17, 15) is 9.59 Å². The Kier molecular flexibility index (Phi) is 23.0. The summed E-state index contributed by atoms with van der Waals surface area (Å²) >= 11 is 0. The van der Waals surface area contributed by atoms with E-state index < -0.39 is 0 Å². The molecular weight excluding hydrogens is 576 g/mol. The van der Waals surface area contributed by atoms with Crippen LogP contribution in [-0.2, 0) is 21.5 Å². The molecule has 0 aromatic heterocycles. The molecule has 0 bridgehead atoms. The van der Waals surface area contributed by atoms with E-state index in [2.05, 4.69) is 61.0 Å². The minimum Gasteiger partial charge on any atom is -0.356 e. The SMILES string of the molecule is Br.Br.CC(C)(C)c1ccc(CNCCCCNCCCNC(=O)CCCCCCC(=O)NO)cc1. The number of amides is 2. The molecule has 2 amide bonds. The smallest absolute Gasteiger partial charge is 0.243 e. The Labute approximate surface area is 233 Å². The summed E-state index contributed by atoms with van der Waals surface area (Å²) in [5, 5.41) is 18.3. The molecule has 1 aromatic carbocycles. The topological polar surface area (TPSA) is 102 Å². The molecule has 204 valence electrons. The van der Waals surface area contributed by atoms with Gasteiger partial charge in [0.25, 0.3) is 0 Å². The number of hydrogen-bond donors (Lipinski definition) is 5. The van der Waals surface area contributed by atoms with Crippen molar-refractivity contribution in [2.75, 3.05) is 26.2 Å². The molecule has 9 heteroatoms. The average Bonchev–Trinajstić information content (AvgIpc) is 2.79. The molecule has 0 heterocycles. The number of hydrogen-bond acceptors (Lipinski definition) is 5. The predicted molar refractivity (Wildman–Crippen MR) is 155 cm³/mol. The van der Waals surface area contributed by atoms with Gasteiger partial charge in [0.1, 0.15) is 0 Å². The molecule has 0 saturated heterocycles. The van der Waals surface area contributed by atoms with Crippen LogP contribution in [0.15, 0.2) is 24.3 Å². The van der Waals surface area contributed by atoms with Crippen molar-refractivity contribution in [3.63, 3.8) is 0 Å². The lowest BCUT2D eigenvalue weighted by Crippen LogP contribution is -2.27. The zero-order valence-corrected chi connectivity index (χ0v) is 25.2. The Morgan fingerprint density at radius 2 is 1.26 bits per heavy atom. The zero-order chi connectivity index (χ0) is 24.4. The first-order chi connectivity index (χ1) is 15.8. The van der Waals surface area contributed by atoms with E-state index in [1.54, 1.807) is 5.48 Å². The Morgan fingerprint density at radius 1 is 0.714 bits per heavy atom. The second kappa shape index (κ2) is 22.2. The summed E-state index contributed by atoms with van der Waals surface area (Å²) < 4.78 is 0. The highest BCUT2D eigenvalue weighted by atomic mass is 79.9. The summed E-state index contributed by atoms with van der Waals surface area (Å²) in [6.07, 6.45) is 7.48. The van der Waals surface area contributed by atoms with Crippen LogP contribution in [0.25, 0.3) is 0 Å².